The van der Waals surface area contributed by atoms with E-state index in [2.05, 4.69) is 10.6 Å². The number of halogens is 1. The van der Waals surface area contributed by atoms with E-state index in [9.17, 15) is 9.59 Å². The van der Waals surface area contributed by atoms with E-state index in [-0.39, 0.29) is 24.2 Å². The maximum Gasteiger partial charge on any atom is 0.241 e. The predicted molar refractivity (Wildman–Crippen MR) is 97.5 cm³/mol. The molecule has 2 amide bonds. The molecule has 0 radical (unpaired) electrons. The third kappa shape index (κ3) is 8.68. The molecule has 0 saturated heterocycles. The number of amides is 2. The summed E-state index contributed by atoms with van der Waals surface area (Å²) in [5.74, 6) is 1.24. The number of carbonyl (C=O) groups excluding carboxylic acids is 2. The van der Waals surface area contributed by atoms with E-state index in [0.717, 1.165) is 5.75 Å². The Kier molecular flexibility index (Phi) is 11.3. The lowest BCUT2D eigenvalue weighted by Gasteiger charge is -2.12. The van der Waals surface area contributed by atoms with Crippen molar-refractivity contribution < 1.29 is 14.3 Å². The summed E-state index contributed by atoms with van der Waals surface area (Å²) in [5.41, 5.74) is 6.47. The van der Waals surface area contributed by atoms with Gasteiger partial charge in [-0.1, -0.05) is 0 Å². The number of benzene rings is 1. The lowest BCUT2D eigenvalue weighted by Crippen LogP contribution is -2.36. The molecule has 0 saturated carbocycles. The van der Waals surface area contributed by atoms with E-state index >= 15 is 0 Å². The Bertz CT molecular complexity index is 485. The van der Waals surface area contributed by atoms with Crippen molar-refractivity contribution in [2.75, 3.05) is 31.0 Å². The molecule has 0 heterocycles. The standard InChI is InChI=1S/C15H23N3O3S.ClH/c1-17-14(19)7-9-21-12-5-3-11(4-6-12)18-15(20)13(16)8-10-22-2;/h3-6,13H,7-10,16H2,1-2H3,(H,17,19)(H,18,20);1H/t13-;/m0./s1. The Morgan fingerprint density at radius 1 is 1.30 bits per heavy atom. The van der Waals surface area contributed by atoms with Crippen LogP contribution in [0.1, 0.15) is 12.8 Å². The highest BCUT2D eigenvalue weighted by molar-refractivity contribution is 7.98. The first-order valence-electron chi connectivity index (χ1n) is 7.05. The van der Waals surface area contributed by atoms with Gasteiger partial charge in [0.25, 0.3) is 0 Å². The van der Waals surface area contributed by atoms with E-state index in [0.29, 0.717) is 30.9 Å². The number of ether oxygens (including phenoxy) is 1. The molecule has 0 unspecified atom stereocenters. The second-order valence-corrected chi connectivity index (χ2v) is 5.66. The fourth-order valence-electron chi connectivity index (χ4n) is 1.63. The van der Waals surface area contributed by atoms with E-state index in [4.69, 9.17) is 10.5 Å². The van der Waals surface area contributed by atoms with Gasteiger partial charge in [-0.05, 0) is 42.7 Å². The Labute approximate surface area is 147 Å². The number of carbonyl (C=O) groups is 2. The number of nitrogens with one attached hydrogen (secondary N) is 2. The van der Waals surface area contributed by atoms with Crippen LogP contribution >= 0.6 is 24.2 Å². The predicted octanol–water partition coefficient (Wildman–Crippen LogP) is 1.64. The minimum atomic E-state index is -0.504. The largest absolute Gasteiger partial charge is 0.493 e. The SMILES string of the molecule is CNC(=O)CCOc1ccc(NC(=O)[C@@H](N)CCSC)cc1.Cl. The Balaban J connectivity index is 0.00000484. The van der Waals surface area contributed by atoms with Crippen LogP contribution in [-0.4, -0.2) is 43.5 Å². The maximum absolute atomic E-state index is 11.9. The molecule has 0 fully saturated rings. The number of nitrogens with two attached hydrogens (primary N) is 1. The molecule has 130 valence electrons. The van der Waals surface area contributed by atoms with Gasteiger partial charge in [-0.2, -0.15) is 11.8 Å². The van der Waals surface area contributed by atoms with Crippen LogP contribution in [0.15, 0.2) is 24.3 Å². The van der Waals surface area contributed by atoms with Crippen LogP contribution in [0.2, 0.25) is 0 Å². The molecular formula is C15H24ClN3O3S. The van der Waals surface area contributed by atoms with E-state index < -0.39 is 6.04 Å². The molecule has 1 aromatic carbocycles. The smallest absolute Gasteiger partial charge is 0.241 e. The van der Waals surface area contributed by atoms with Gasteiger partial charge >= 0.3 is 0 Å². The number of anilines is 1. The highest BCUT2D eigenvalue weighted by atomic mass is 35.5. The summed E-state index contributed by atoms with van der Waals surface area (Å²) in [5, 5.41) is 5.30. The van der Waals surface area contributed by atoms with Crippen LogP contribution < -0.4 is 21.1 Å². The van der Waals surface area contributed by atoms with Crippen LogP contribution in [0.4, 0.5) is 5.69 Å². The molecule has 0 aliphatic rings. The number of rotatable bonds is 9. The van der Waals surface area contributed by atoms with Gasteiger partial charge in [-0.25, -0.2) is 0 Å². The summed E-state index contributed by atoms with van der Waals surface area (Å²) in [4.78, 5) is 22.9. The van der Waals surface area contributed by atoms with Gasteiger partial charge in [0, 0.05) is 12.7 Å². The molecule has 0 aliphatic carbocycles. The first-order chi connectivity index (χ1) is 10.6. The van der Waals surface area contributed by atoms with Gasteiger partial charge in [0.1, 0.15) is 5.75 Å². The van der Waals surface area contributed by atoms with Crippen LogP contribution in [-0.2, 0) is 9.59 Å². The summed E-state index contributed by atoms with van der Waals surface area (Å²) in [6, 6.07) is 6.47. The minimum Gasteiger partial charge on any atom is -0.493 e. The average Bonchev–Trinajstić information content (AvgIpc) is 2.53. The summed E-state index contributed by atoms with van der Waals surface area (Å²) >= 11 is 1.66. The molecule has 0 spiro atoms. The lowest BCUT2D eigenvalue weighted by molar-refractivity contribution is -0.121. The van der Waals surface area contributed by atoms with Gasteiger partial charge in [0.15, 0.2) is 0 Å². The van der Waals surface area contributed by atoms with Gasteiger partial charge in [-0.3, -0.25) is 9.59 Å². The minimum absolute atomic E-state index is 0. The Hall–Kier alpha value is -1.44. The molecule has 4 N–H and O–H groups in total. The van der Waals surface area contributed by atoms with Crippen molar-refractivity contribution in [2.45, 2.75) is 18.9 Å². The fraction of sp³-hybridized carbons (Fsp3) is 0.467. The van der Waals surface area contributed by atoms with E-state index in [1.807, 2.05) is 6.26 Å². The highest BCUT2D eigenvalue weighted by Crippen LogP contribution is 2.16. The number of hydrogen-bond acceptors (Lipinski definition) is 5. The Morgan fingerprint density at radius 2 is 1.96 bits per heavy atom. The van der Waals surface area contributed by atoms with Gasteiger partial charge < -0.3 is 21.1 Å². The molecule has 8 heteroatoms. The molecule has 23 heavy (non-hydrogen) atoms. The molecule has 0 aliphatic heterocycles. The van der Waals surface area contributed by atoms with E-state index in [1.165, 1.54) is 0 Å². The van der Waals surface area contributed by atoms with Crippen molar-refractivity contribution in [3.8, 4) is 5.75 Å². The third-order valence-electron chi connectivity index (χ3n) is 2.97. The summed E-state index contributed by atoms with van der Waals surface area (Å²) in [7, 11) is 1.59. The highest BCUT2D eigenvalue weighted by Gasteiger charge is 2.12. The maximum atomic E-state index is 11.9. The zero-order chi connectivity index (χ0) is 16.4. The van der Waals surface area contributed by atoms with Crippen molar-refractivity contribution in [2.24, 2.45) is 5.73 Å². The zero-order valence-electron chi connectivity index (χ0n) is 13.3. The normalized spacial score (nSPS) is 11.1. The lowest BCUT2D eigenvalue weighted by atomic mass is 10.2. The van der Waals surface area contributed by atoms with E-state index in [1.54, 1.807) is 43.1 Å². The van der Waals surface area contributed by atoms with Crippen molar-refractivity contribution in [1.82, 2.24) is 5.32 Å². The average molecular weight is 362 g/mol. The van der Waals surface area contributed by atoms with Gasteiger partial charge in [-0.15, -0.1) is 12.4 Å². The number of thioether (sulfide) groups is 1. The summed E-state index contributed by atoms with van der Waals surface area (Å²) < 4.78 is 5.44. The van der Waals surface area contributed by atoms with Crippen LogP contribution in [0.3, 0.4) is 0 Å². The summed E-state index contributed by atoms with van der Waals surface area (Å²) in [6.45, 7) is 0.310. The second kappa shape index (κ2) is 12.0. The molecular weight excluding hydrogens is 338 g/mol. The van der Waals surface area contributed by atoms with Crippen molar-refractivity contribution >= 4 is 41.7 Å². The fourth-order valence-corrected chi connectivity index (χ4v) is 2.12. The zero-order valence-corrected chi connectivity index (χ0v) is 15.0. The van der Waals surface area contributed by atoms with Crippen molar-refractivity contribution in [3.63, 3.8) is 0 Å². The monoisotopic (exact) mass is 361 g/mol. The van der Waals surface area contributed by atoms with Crippen LogP contribution in [0, 0.1) is 0 Å². The summed E-state index contributed by atoms with van der Waals surface area (Å²) in [6.07, 6.45) is 2.93. The molecule has 0 aromatic heterocycles. The van der Waals surface area contributed by atoms with Gasteiger partial charge in [0.05, 0.1) is 19.1 Å². The topological polar surface area (TPSA) is 93.5 Å². The van der Waals surface area contributed by atoms with Crippen LogP contribution in [0.25, 0.3) is 0 Å². The molecule has 0 bridgehead atoms. The second-order valence-electron chi connectivity index (χ2n) is 4.67. The third-order valence-corrected chi connectivity index (χ3v) is 3.61. The van der Waals surface area contributed by atoms with Crippen LogP contribution in [0.5, 0.6) is 5.75 Å². The quantitative estimate of drug-likeness (QED) is 0.621. The molecule has 6 nitrogen and oxygen atoms in total. The molecule has 1 atom stereocenters. The van der Waals surface area contributed by atoms with Crippen molar-refractivity contribution in [3.05, 3.63) is 24.3 Å². The van der Waals surface area contributed by atoms with Gasteiger partial charge in [0.2, 0.25) is 11.8 Å². The van der Waals surface area contributed by atoms with Crippen molar-refractivity contribution in [1.29, 1.82) is 0 Å². The first-order valence-corrected chi connectivity index (χ1v) is 8.45. The number of hydrogen-bond donors (Lipinski definition) is 3. The Morgan fingerprint density at radius 3 is 2.52 bits per heavy atom. The molecule has 1 rings (SSSR count). The molecule has 1 aromatic rings. The first kappa shape index (κ1) is 21.6.